The summed E-state index contributed by atoms with van der Waals surface area (Å²) >= 11 is 0. The van der Waals surface area contributed by atoms with Crippen molar-refractivity contribution in [3.63, 3.8) is 0 Å². The maximum atomic E-state index is 13.3. The monoisotopic (exact) mass is 587 g/mol. The third-order valence-electron chi connectivity index (χ3n) is 6.55. The molecule has 0 aliphatic carbocycles. The fraction of sp³-hybridized carbons (Fsp3) is 0.458. The van der Waals surface area contributed by atoms with Crippen LogP contribution in [0.3, 0.4) is 0 Å². The SMILES string of the molecule is C.CC(C)([C@H]1CCN(c2ccc(C(F)(F)F)cc2S(C)(=O)=O)C(=O)C1)S(=O)(=O)c1cccc(C(F)(F)F)c1. The van der Waals surface area contributed by atoms with Crippen LogP contribution < -0.4 is 4.90 Å². The number of rotatable bonds is 5. The Morgan fingerprint density at radius 2 is 1.42 bits per heavy atom. The molecule has 2 aromatic carbocycles. The van der Waals surface area contributed by atoms with Crippen molar-refractivity contribution in [1.29, 1.82) is 0 Å². The van der Waals surface area contributed by atoms with Crippen LogP contribution in [0.15, 0.2) is 52.3 Å². The van der Waals surface area contributed by atoms with Gasteiger partial charge in [0.1, 0.15) is 0 Å². The summed E-state index contributed by atoms with van der Waals surface area (Å²) in [6.07, 6.45) is -9.31. The van der Waals surface area contributed by atoms with Crippen LogP contribution in [0.1, 0.15) is 45.2 Å². The van der Waals surface area contributed by atoms with E-state index in [1.807, 2.05) is 0 Å². The highest BCUT2D eigenvalue weighted by molar-refractivity contribution is 7.92. The van der Waals surface area contributed by atoms with E-state index in [9.17, 15) is 48.0 Å². The van der Waals surface area contributed by atoms with Crippen molar-refractivity contribution in [2.24, 2.45) is 5.92 Å². The Balaban J connectivity index is 0.00000507. The molecule has 0 radical (unpaired) electrons. The van der Waals surface area contributed by atoms with Gasteiger partial charge in [-0.15, -0.1) is 0 Å². The average molecular weight is 588 g/mol. The van der Waals surface area contributed by atoms with E-state index in [0.29, 0.717) is 24.5 Å². The second kappa shape index (κ2) is 10.2. The number of amides is 1. The Bertz CT molecular complexity index is 1430. The molecule has 0 saturated carbocycles. The lowest BCUT2D eigenvalue weighted by atomic mass is 9.85. The molecule has 1 atom stereocenters. The first-order chi connectivity index (χ1) is 16.7. The maximum Gasteiger partial charge on any atom is 0.416 e. The van der Waals surface area contributed by atoms with Gasteiger partial charge in [-0.3, -0.25) is 4.79 Å². The molecule has 212 valence electrons. The van der Waals surface area contributed by atoms with Gasteiger partial charge in [0.25, 0.3) is 0 Å². The standard InChI is InChI=1S/C23H23F6NO5S2.CH4/c1-21(2,37(34,35)17-6-4-5-15(11-17)22(24,25)26)14-9-10-30(20(31)13-14)18-8-7-16(23(27,28)29)12-19(18)36(3,32)33;/h4-8,11-12,14H,9-10,13H2,1-3H3;1H4/t14-;/m0./s1. The second-order valence-corrected chi connectivity index (χ2v) is 13.8. The van der Waals surface area contributed by atoms with Crippen molar-refractivity contribution < 1.29 is 48.0 Å². The summed E-state index contributed by atoms with van der Waals surface area (Å²) in [6.45, 7) is 2.37. The van der Waals surface area contributed by atoms with Gasteiger partial charge < -0.3 is 4.90 Å². The van der Waals surface area contributed by atoms with Gasteiger partial charge in [-0.2, -0.15) is 26.3 Å². The lowest BCUT2D eigenvalue weighted by Crippen LogP contribution is -2.49. The molecule has 1 heterocycles. The number of hydrogen-bond acceptors (Lipinski definition) is 5. The highest BCUT2D eigenvalue weighted by Crippen LogP contribution is 2.42. The lowest BCUT2D eigenvalue weighted by Gasteiger charge is -2.40. The van der Waals surface area contributed by atoms with Crippen LogP contribution in [0.2, 0.25) is 0 Å². The molecule has 1 fully saturated rings. The fourth-order valence-electron chi connectivity index (χ4n) is 4.25. The molecule has 6 nitrogen and oxygen atoms in total. The van der Waals surface area contributed by atoms with Crippen LogP contribution in [0.5, 0.6) is 0 Å². The number of sulfone groups is 2. The van der Waals surface area contributed by atoms with Crippen molar-refractivity contribution >= 4 is 31.3 Å². The molecule has 0 bridgehead atoms. The summed E-state index contributed by atoms with van der Waals surface area (Å²) < 4.78 is 128. The number of nitrogens with zero attached hydrogens (tertiary/aromatic N) is 1. The van der Waals surface area contributed by atoms with Gasteiger partial charge in [0.2, 0.25) is 5.91 Å². The molecule has 3 rings (SSSR count). The van der Waals surface area contributed by atoms with Crippen LogP contribution >= 0.6 is 0 Å². The fourth-order valence-corrected chi connectivity index (χ4v) is 6.94. The van der Waals surface area contributed by atoms with Crippen LogP contribution in [-0.4, -0.2) is 40.3 Å². The zero-order valence-electron chi connectivity index (χ0n) is 19.8. The molecule has 1 amide bonds. The Hall–Kier alpha value is -2.61. The summed E-state index contributed by atoms with van der Waals surface area (Å²) in [6, 6.07) is 5.21. The van der Waals surface area contributed by atoms with Gasteiger partial charge in [-0.05, 0) is 62.6 Å². The molecule has 38 heavy (non-hydrogen) atoms. The third-order valence-corrected chi connectivity index (χ3v) is 10.3. The summed E-state index contributed by atoms with van der Waals surface area (Å²) in [7, 11) is -8.56. The Morgan fingerprint density at radius 1 is 0.868 bits per heavy atom. The normalized spacial score (nSPS) is 17.8. The summed E-state index contributed by atoms with van der Waals surface area (Å²) in [4.78, 5) is 12.7. The van der Waals surface area contributed by atoms with Crippen LogP contribution in [-0.2, 0) is 36.8 Å². The predicted molar refractivity (Wildman–Crippen MR) is 129 cm³/mol. The minimum atomic E-state index is -4.82. The van der Waals surface area contributed by atoms with E-state index >= 15 is 0 Å². The van der Waals surface area contributed by atoms with Gasteiger partial charge >= 0.3 is 12.4 Å². The molecule has 0 aromatic heterocycles. The smallest absolute Gasteiger partial charge is 0.311 e. The number of piperidine rings is 1. The van der Waals surface area contributed by atoms with E-state index in [0.717, 1.165) is 29.2 Å². The predicted octanol–water partition coefficient (Wildman–Crippen LogP) is 5.76. The number of halogens is 6. The van der Waals surface area contributed by atoms with Crippen LogP contribution in [0, 0.1) is 5.92 Å². The van der Waals surface area contributed by atoms with Crippen molar-refractivity contribution in [3.05, 3.63) is 53.6 Å². The zero-order chi connectivity index (χ0) is 28.2. The summed E-state index contributed by atoms with van der Waals surface area (Å²) in [5, 5.41) is 0. The number of carbonyl (C=O) groups excluding carboxylic acids is 1. The van der Waals surface area contributed by atoms with Crippen molar-refractivity contribution in [1.82, 2.24) is 0 Å². The zero-order valence-corrected chi connectivity index (χ0v) is 21.4. The first-order valence-corrected chi connectivity index (χ1v) is 14.2. The molecule has 2 aromatic rings. The number of alkyl halides is 6. The molecule has 0 spiro atoms. The van der Waals surface area contributed by atoms with Gasteiger partial charge in [-0.25, -0.2) is 16.8 Å². The van der Waals surface area contributed by atoms with Crippen LogP contribution in [0.4, 0.5) is 32.0 Å². The van der Waals surface area contributed by atoms with E-state index in [-0.39, 0.29) is 26.1 Å². The van der Waals surface area contributed by atoms with Gasteiger partial charge in [-0.1, -0.05) is 13.5 Å². The number of benzene rings is 2. The van der Waals surface area contributed by atoms with E-state index in [1.165, 1.54) is 13.8 Å². The van der Waals surface area contributed by atoms with E-state index in [4.69, 9.17) is 0 Å². The number of anilines is 1. The largest absolute Gasteiger partial charge is 0.416 e. The van der Waals surface area contributed by atoms with E-state index in [1.54, 1.807) is 0 Å². The third kappa shape index (κ3) is 6.00. The molecule has 0 unspecified atom stereocenters. The van der Waals surface area contributed by atoms with Crippen molar-refractivity contribution in [2.75, 3.05) is 17.7 Å². The molecule has 1 saturated heterocycles. The first kappa shape index (κ1) is 31.6. The molecule has 14 heteroatoms. The van der Waals surface area contributed by atoms with Gasteiger partial charge in [0, 0.05) is 19.2 Å². The molecule has 1 aliphatic rings. The average Bonchev–Trinajstić information content (AvgIpc) is 2.77. The minimum absolute atomic E-state index is 0. The van der Waals surface area contributed by atoms with E-state index in [2.05, 4.69) is 0 Å². The quantitative estimate of drug-likeness (QED) is 0.415. The number of hydrogen-bond donors (Lipinski definition) is 0. The highest BCUT2D eigenvalue weighted by Gasteiger charge is 2.47. The number of carbonyl (C=O) groups is 1. The Morgan fingerprint density at radius 3 is 1.92 bits per heavy atom. The van der Waals surface area contributed by atoms with E-state index < -0.39 is 75.9 Å². The molecular formula is C24H27F6NO5S2. The van der Waals surface area contributed by atoms with Crippen LogP contribution in [0.25, 0.3) is 0 Å². The second-order valence-electron chi connectivity index (χ2n) is 9.32. The summed E-state index contributed by atoms with van der Waals surface area (Å²) in [5.74, 6) is -1.60. The minimum Gasteiger partial charge on any atom is -0.311 e. The Kier molecular flexibility index (Phi) is 8.46. The topological polar surface area (TPSA) is 88.6 Å². The van der Waals surface area contributed by atoms with Gasteiger partial charge in [0.05, 0.1) is 31.4 Å². The van der Waals surface area contributed by atoms with Gasteiger partial charge in [0.15, 0.2) is 19.7 Å². The Labute approximate surface area is 217 Å². The molecular weight excluding hydrogens is 560 g/mol. The van der Waals surface area contributed by atoms with Crippen molar-refractivity contribution in [2.45, 2.75) is 61.0 Å². The summed E-state index contributed by atoms with van der Waals surface area (Å²) in [5.41, 5.74) is -2.63. The first-order valence-electron chi connectivity index (χ1n) is 10.8. The highest BCUT2D eigenvalue weighted by atomic mass is 32.2. The maximum absolute atomic E-state index is 13.3. The molecule has 0 N–H and O–H groups in total. The molecule has 1 aliphatic heterocycles. The van der Waals surface area contributed by atoms with Crippen molar-refractivity contribution in [3.8, 4) is 0 Å². The lowest BCUT2D eigenvalue weighted by molar-refractivity contribution is -0.138.